The van der Waals surface area contributed by atoms with Gasteiger partial charge in [0.15, 0.2) is 5.75 Å². The van der Waals surface area contributed by atoms with Crippen LogP contribution in [0.1, 0.15) is 25.5 Å². The summed E-state index contributed by atoms with van der Waals surface area (Å²) < 4.78 is 7.48. The van der Waals surface area contributed by atoms with Gasteiger partial charge in [0.1, 0.15) is 0 Å². The average molecular weight is 232 g/mol. The molecule has 90 valence electrons. The fourth-order valence-electron chi connectivity index (χ4n) is 1.46. The molecule has 0 unspecified atom stereocenters. The van der Waals surface area contributed by atoms with Gasteiger partial charge in [-0.25, -0.2) is 4.98 Å². The zero-order chi connectivity index (χ0) is 12.4. The number of hydrogen-bond donors (Lipinski definition) is 1. The Labute approximate surface area is 100 Å². The number of hydrogen-bond acceptors (Lipinski definition) is 4. The first-order valence-electron chi connectivity index (χ1n) is 5.50. The van der Waals surface area contributed by atoms with E-state index in [0.717, 1.165) is 5.56 Å². The van der Waals surface area contributed by atoms with Gasteiger partial charge in [0.05, 0.1) is 24.3 Å². The van der Waals surface area contributed by atoms with E-state index in [1.165, 1.54) is 0 Å². The molecule has 5 heteroatoms. The molecule has 2 rings (SSSR count). The summed E-state index contributed by atoms with van der Waals surface area (Å²) in [6.45, 7) is 6.03. The normalized spacial score (nSPS) is 10.8. The van der Waals surface area contributed by atoms with E-state index < -0.39 is 0 Å². The fraction of sp³-hybridized carbons (Fsp3) is 0.333. The number of ether oxygens (including phenoxy) is 1. The topological polar surface area (TPSA) is 66.0 Å². The van der Waals surface area contributed by atoms with Gasteiger partial charge in [0, 0.05) is 11.6 Å². The van der Waals surface area contributed by atoms with Crippen LogP contribution in [0.5, 0.6) is 11.6 Å². The van der Waals surface area contributed by atoms with Gasteiger partial charge in [-0.1, -0.05) is 0 Å². The Hall–Kier alpha value is -2.04. The molecule has 0 aromatic carbocycles. The van der Waals surface area contributed by atoms with E-state index >= 15 is 0 Å². The molecule has 0 aliphatic heterocycles. The molecule has 2 N–H and O–H groups in total. The third-order valence-corrected chi connectivity index (χ3v) is 2.37. The van der Waals surface area contributed by atoms with E-state index in [0.29, 0.717) is 23.4 Å². The van der Waals surface area contributed by atoms with Crippen LogP contribution < -0.4 is 10.5 Å². The van der Waals surface area contributed by atoms with Crippen LogP contribution in [0.2, 0.25) is 0 Å². The molecule has 17 heavy (non-hydrogen) atoms. The molecule has 0 aliphatic carbocycles. The van der Waals surface area contributed by atoms with Gasteiger partial charge in [-0.3, -0.25) is 4.68 Å². The van der Waals surface area contributed by atoms with Crippen LogP contribution in [0.25, 0.3) is 0 Å². The molecule has 0 spiro atoms. The molecular formula is C12H16N4O. The van der Waals surface area contributed by atoms with Crippen molar-refractivity contribution in [2.45, 2.75) is 26.8 Å². The Morgan fingerprint density at radius 1 is 1.35 bits per heavy atom. The van der Waals surface area contributed by atoms with E-state index in [-0.39, 0.29) is 0 Å². The van der Waals surface area contributed by atoms with Crippen LogP contribution in [0.15, 0.2) is 24.7 Å². The molecule has 0 saturated heterocycles. The lowest BCUT2D eigenvalue weighted by Gasteiger charge is -2.06. The summed E-state index contributed by atoms with van der Waals surface area (Å²) in [7, 11) is 0. The van der Waals surface area contributed by atoms with Gasteiger partial charge in [-0.05, 0) is 26.8 Å². The van der Waals surface area contributed by atoms with E-state index in [1.807, 2.05) is 23.9 Å². The molecule has 0 saturated carbocycles. The molecule has 2 aromatic rings. The van der Waals surface area contributed by atoms with Crippen molar-refractivity contribution in [1.82, 2.24) is 14.8 Å². The van der Waals surface area contributed by atoms with Crippen molar-refractivity contribution < 1.29 is 4.74 Å². The Kier molecular flexibility index (Phi) is 2.99. The monoisotopic (exact) mass is 232 g/mol. The van der Waals surface area contributed by atoms with Gasteiger partial charge in [-0.2, -0.15) is 5.10 Å². The van der Waals surface area contributed by atoms with Crippen LogP contribution in [-0.4, -0.2) is 14.8 Å². The predicted octanol–water partition coefficient (Wildman–Crippen LogP) is 2.54. The standard InChI is InChI=1S/C12H16N4O/c1-8(2)16-7-11(6-15-16)17-12-9(3)4-10(13)5-14-12/h4-8H,13H2,1-3H3. The van der Waals surface area contributed by atoms with Crippen LogP contribution in [0, 0.1) is 6.92 Å². The smallest absolute Gasteiger partial charge is 0.222 e. The quantitative estimate of drug-likeness (QED) is 0.883. The van der Waals surface area contributed by atoms with E-state index in [9.17, 15) is 0 Å². The fourth-order valence-corrected chi connectivity index (χ4v) is 1.46. The molecule has 2 aromatic heterocycles. The van der Waals surface area contributed by atoms with Crippen molar-refractivity contribution in [3.8, 4) is 11.6 Å². The lowest BCUT2D eigenvalue weighted by molar-refractivity contribution is 0.455. The highest BCUT2D eigenvalue weighted by Crippen LogP contribution is 2.23. The first-order valence-corrected chi connectivity index (χ1v) is 5.50. The first kappa shape index (κ1) is 11.4. The second-order valence-electron chi connectivity index (χ2n) is 4.24. The number of nitrogens with zero attached hydrogens (tertiary/aromatic N) is 3. The third kappa shape index (κ3) is 2.55. The number of anilines is 1. The Balaban J connectivity index is 2.19. The van der Waals surface area contributed by atoms with Gasteiger partial charge in [0.2, 0.25) is 5.88 Å². The van der Waals surface area contributed by atoms with Crippen molar-refractivity contribution in [3.63, 3.8) is 0 Å². The average Bonchev–Trinajstić information content (AvgIpc) is 2.71. The highest BCUT2D eigenvalue weighted by atomic mass is 16.5. The number of nitrogens with two attached hydrogens (primary N) is 1. The number of nitrogen functional groups attached to an aromatic ring is 1. The van der Waals surface area contributed by atoms with E-state index in [2.05, 4.69) is 23.9 Å². The SMILES string of the molecule is Cc1cc(N)cnc1Oc1cnn(C(C)C)c1. The summed E-state index contributed by atoms with van der Waals surface area (Å²) in [4.78, 5) is 4.14. The first-order chi connectivity index (χ1) is 8.06. The van der Waals surface area contributed by atoms with Crippen LogP contribution in [0.4, 0.5) is 5.69 Å². The summed E-state index contributed by atoms with van der Waals surface area (Å²) >= 11 is 0. The molecule has 0 aliphatic rings. The van der Waals surface area contributed by atoms with Gasteiger partial charge in [-0.15, -0.1) is 0 Å². The van der Waals surface area contributed by atoms with E-state index in [4.69, 9.17) is 10.5 Å². The largest absolute Gasteiger partial charge is 0.435 e. The van der Waals surface area contributed by atoms with Crippen molar-refractivity contribution in [1.29, 1.82) is 0 Å². The van der Waals surface area contributed by atoms with Gasteiger partial charge in [0.25, 0.3) is 0 Å². The maximum Gasteiger partial charge on any atom is 0.222 e. The van der Waals surface area contributed by atoms with Crippen molar-refractivity contribution >= 4 is 5.69 Å². The van der Waals surface area contributed by atoms with Crippen molar-refractivity contribution in [2.75, 3.05) is 5.73 Å². The number of aryl methyl sites for hydroxylation is 1. The molecule has 5 nitrogen and oxygen atoms in total. The Bertz CT molecular complexity index is 519. The molecule has 0 fully saturated rings. The summed E-state index contributed by atoms with van der Waals surface area (Å²) in [6, 6.07) is 2.14. The Morgan fingerprint density at radius 2 is 2.12 bits per heavy atom. The minimum absolute atomic E-state index is 0.313. The molecule has 2 heterocycles. The highest BCUT2D eigenvalue weighted by molar-refractivity contribution is 5.42. The van der Waals surface area contributed by atoms with Crippen LogP contribution in [-0.2, 0) is 0 Å². The predicted molar refractivity (Wildman–Crippen MR) is 66.1 cm³/mol. The second-order valence-corrected chi connectivity index (χ2v) is 4.24. The molecule has 0 amide bonds. The van der Waals surface area contributed by atoms with Gasteiger partial charge < -0.3 is 10.5 Å². The minimum Gasteiger partial charge on any atom is -0.435 e. The molecular weight excluding hydrogens is 216 g/mol. The van der Waals surface area contributed by atoms with Crippen molar-refractivity contribution in [3.05, 3.63) is 30.2 Å². The lowest BCUT2D eigenvalue weighted by atomic mass is 10.3. The summed E-state index contributed by atoms with van der Waals surface area (Å²) in [5, 5.41) is 4.20. The Morgan fingerprint density at radius 3 is 2.71 bits per heavy atom. The summed E-state index contributed by atoms with van der Waals surface area (Å²) in [5.74, 6) is 1.24. The third-order valence-electron chi connectivity index (χ3n) is 2.37. The number of aromatic nitrogens is 3. The van der Waals surface area contributed by atoms with Crippen LogP contribution >= 0.6 is 0 Å². The van der Waals surface area contributed by atoms with Crippen LogP contribution in [0.3, 0.4) is 0 Å². The summed E-state index contributed by atoms with van der Waals surface area (Å²) in [5.41, 5.74) is 7.17. The second kappa shape index (κ2) is 4.45. The zero-order valence-electron chi connectivity index (χ0n) is 10.2. The van der Waals surface area contributed by atoms with E-state index in [1.54, 1.807) is 12.4 Å². The minimum atomic E-state index is 0.313. The van der Waals surface area contributed by atoms with Crippen molar-refractivity contribution in [2.24, 2.45) is 0 Å². The zero-order valence-corrected chi connectivity index (χ0v) is 10.2. The maximum atomic E-state index is 5.64. The van der Waals surface area contributed by atoms with Gasteiger partial charge >= 0.3 is 0 Å². The highest BCUT2D eigenvalue weighted by Gasteiger charge is 2.07. The number of pyridine rings is 1. The molecule has 0 bridgehead atoms. The molecule has 0 atom stereocenters. The maximum absolute atomic E-state index is 5.64. The number of rotatable bonds is 3. The molecule has 0 radical (unpaired) electrons. The summed E-state index contributed by atoms with van der Waals surface area (Å²) in [6.07, 6.45) is 5.11. The lowest BCUT2D eigenvalue weighted by Crippen LogP contribution is -1.99.